The molecule has 1 saturated heterocycles. The third kappa shape index (κ3) is 5.67. The lowest BCUT2D eigenvalue weighted by atomic mass is 9.44. The fourth-order valence-electron chi connectivity index (χ4n) is 9.06. The summed E-state index contributed by atoms with van der Waals surface area (Å²) < 4.78 is 36.2. The Hall–Kier alpha value is -2.98. The van der Waals surface area contributed by atoms with Crippen molar-refractivity contribution in [3.63, 3.8) is 0 Å². The minimum Gasteiger partial charge on any atom is -0.456 e. The summed E-state index contributed by atoms with van der Waals surface area (Å²) in [7, 11) is 5.18. The van der Waals surface area contributed by atoms with E-state index in [0.29, 0.717) is 5.57 Å². The molecule has 10 unspecified atom stereocenters. The molecule has 4 aliphatic rings. The Morgan fingerprint density at radius 3 is 2.26 bits per heavy atom. The van der Waals surface area contributed by atoms with E-state index in [4.69, 9.17) is 28.1 Å². The first-order chi connectivity index (χ1) is 23.3. The Morgan fingerprint density at radius 1 is 1.10 bits per heavy atom. The first-order valence-corrected chi connectivity index (χ1v) is 17.8. The van der Waals surface area contributed by atoms with Crippen LogP contribution >= 0.6 is 0 Å². The summed E-state index contributed by atoms with van der Waals surface area (Å²) in [6.45, 7) is 9.49. The van der Waals surface area contributed by atoms with E-state index in [1.165, 1.54) is 14.0 Å². The number of likely N-dealkylation sites (N-methyl/N-ethyl adjacent to an activating group) is 1. The van der Waals surface area contributed by atoms with Gasteiger partial charge in [-0.15, -0.1) is 0 Å². The van der Waals surface area contributed by atoms with Gasteiger partial charge in [0.1, 0.15) is 40.5 Å². The molecular formula is C36H51NO12Si. The Morgan fingerprint density at radius 2 is 1.74 bits per heavy atom. The van der Waals surface area contributed by atoms with Crippen LogP contribution in [-0.2, 0) is 42.5 Å². The largest absolute Gasteiger partial charge is 0.456 e. The smallest absolute Gasteiger partial charge is 0.338 e. The van der Waals surface area contributed by atoms with Gasteiger partial charge in [0, 0.05) is 38.3 Å². The standard InChI is InChI=1S/C36H51NO12Si/c1-18-22(46-32(42)27(44-9)19(2)37(7)8)16-36(43)30(47-31(41)21-13-11-10-12-14-21)28-34(6,29(40)26(39)25(18)33(36,4)5)23(49-50)15-24-35(28,17-45-24)48-20(3)38/h10-14,19,22-24,26-28,30,39,43H,15-17H2,1-9,50H3/t19?,22?,23?,24?,26?,27?,28?,30?,34-,35?,36?/m1/s1. The summed E-state index contributed by atoms with van der Waals surface area (Å²) in [5.41, 5.74) is -6.06. The minimum atomic E-state index is -2.12. The number of methoxy groups -OCH3 is 1. The van der Waals surface area contributed by atoms with Crippen LogP contribution < -0.4 is 0 Å². The number of carbonyl (C=O) groups excluding carboxylic acids is 4. The lowest BCUT2D eigenvalue weighted by molar-refractivity contribution is -0.344. The molecule has 1 aromatic rings. The predicted octanol–water partition coefficient (Wildman–Crippen LogP) is 0.903. The van der Waals surface area contributed by atoms with Crippen molar-refractivity contribution in [3.05, 3.63) is 47.0 Å². The number of esters is 3. The van der Waals surface area contributed by atoms with E-state index in [-0.39, 0.29) is 41.1 Å². The molecule has 1 heterocycles. The molecule has 3 aliphatic carbocycles. The van der Waals surface area contributed by atoms with Gasteiger partial charge in [-0.3, -0.25) is 9.59 Å². The van der Waals surface area contributed by atoms with E-state index in [2.05, 4.69) is 0 Å². The molecule has 0 amide bonds. The molecule has 5 rings (SSSR count). The molecule has 14 heteroatoms. The van der Waals surface area contributed by atoms with Crippen molar-refractivity contribution in [1.29, 1.82) is 0 Å². The predicted molar refractivity (Wildman–Crippen MR) is 182 cm³/mol. The quantitative estimate of drug-likeness (QED) is 0.160. The molecule has 11 atom stereocenters. The van der Waals surface area contributed by atoms with E-state index in [1.54, 1.807) is 83.9 Å². The highest BCUT2D eigenvalue weighted by Crippen LogP contribution is 2.64. The number of aliphatic hydroxyl groups excluding tert-OH is 1. The van der Waals surface area contributed by atoms with Gasteiger partial charge in [0.15, 0.2) is 17.5 Å². The summed E-state index contributed by atoms with van der Waals surface area (Å²) in [5.74, 6) is -4.09. The average Bonchev–Trinajstić information content (AvgIpc) is 3.05. The summed E-state index contributed by atoms with van der Waals surface area (Å²) in [6.07, 6.45) is -7.28. The topological polar surface area (TPSA) is 167 Å². The molecule has 13 nitrogen and oxygen atoms in total. The second-order valence-corrected chi connectivity index (χ2v) is 15.6. The molecule has 1 aromatic carbocycles. The van der Waals surface area contributed by atoms with Gasteiger partial charge < -0.3 is 43.2 Å². The molecule has 2 saturated carbocycles. The molecule has 0 spiro atoms. The number of rotatable bonds is 9. The molecule has 276 valence electrons. The first kappa shape index (κ1) is 38.3. The Balaban J connectivity index is 1.77. The fourth-order valence-corrected chi connectivity index (χ4v) is 9.74. The zero-order valence-electron chi connectivity index (χ0n) is 30.6. The molecular weight excluding hydrogens is 666 g/mol. The zero-order valence-corrected chi connectivity index (χ0v) is 32.6. The van der Waals surface area contributed by atoms with E-state index in [0.717, 1.165) is 0 Å². The second kappa shape index (κ2) is 13.5. The summed E-state index contributed by atoms with van der Waals surface area (Å²) in [6, 6.07) is 7.81. The van der Waals surface area contributed by atoms with Gasteiger partial charge in [-0.1, -0.05) is 32.0 Å². The first-order valence-electron chi connectivity index (χ1n) is 17.0. The number of benzene rings is 1. The average molecular weight is 718 g/mol. The molecule has 2 N–H and O–H groups in total. The Bertz CT molecular complexity index is 1550. The second-order valence-electron chi connectivity index (χ2n) is 15.2. The van der Waals surface area contributed by atoms with Gasteiger partial charge in [0.25, 0.3) is 0 Å². The number of hydrogen-bond donors (Lipinski definition) is 2. The van der Waals surface area contributed by atoms with Crippen LogP contribution in [0.4, 0.5) is 0 Å². The van der Waals surface area contributed by atoms with E-state index >= 15 is 4.79 Å². The lowest BCUT2D eigenvalue weighted by Gasteiger charge is -2.67. The van der Waals surface area contributed by atoms with Gasteiger partial charge in [-0.05, 0) is 58.1 Å². The van der Waals surface area contributed by atoms with Crippen LogP contribution in [0.5, 0.6) is 0 Å². The fraction of sp³-hybridized carbons (Fsp3) is 0.667. The maximum Gasteiger partial charge on any atom is 0.338 e. The van der Waals surface area contributed by atoms with Crippen molar-refractivity contribution in [2.75, 3.05) is 27.8 Å². The molecule has 2 bridgehead atoms. The number of aliphatic hydroxyl groups is 2. The number of carbonyl (C=O) groups is 4. The van der Waals surface area contributed by atoms with Crippen molar-refractivity contribution >= 4 is 34.2 Å². The minimum absolute atomic E-state index is 0.143. The molecule has 0 radical (unpaired) electrons. The van der Waals surface area contributed by atoms with Crippen LogP contribution in [0, 0.1) is 16.7 Å². The lowest BCUT2D eigenvalue weighted by Crippen LogP contribution is -2.82. The summed E-state index contributed by atoms with van der Waals surface area (Å²) >= 11 is 0. The van der Waals surface area contributed by atoms with Crippen molar-refractivity contribution in [3.8, 4) is 0 Å². The third-order valence-electron chi connectivity index (χ3n) is 12.2. The summed E-state index contributed by atoms with van der Waals surface area (Å²) in [5, 5.41) is 25.6. The Labute approximate surface area is 296 Å². The SMILES string of the molecule is COC(C(=O)OC1CC2(O)C(OC(=O)c3ccccc3)C3C4(OC(C)=O)COC4CC(O[SiH3])[C@@]3(C)C(=O)C(O)C(=C1C)C2(C)C)C(C)N(C)C. The summed E-state index contributed by atoms with van der Waals surface area (Å²) in [4.78, 5) is 57.4. The monoisotopic (exact) mass is 717 g/mol. The molecule has 3 fully saturated rings. The molecule has 1 aliphatic heterocycles. The maximum atomic E-state index is 15.0. The number of fused-ring (bicyclic) bond motifs is 5. The van der Waals surface area contributed by atoms with Gasteiger partial charge in [0.05, 0.1) is 29.6 Å². The molecule has 0 aromatic heterocycles. The van der Waals surface area contributed by atoms with Crippen LogP contribution in [0.3, 0.4) is 0 Å². The molecule has 50 heavy (non-hydrogen) atoms. The number of ether oxygens (including phenoxy) is 5. The van der Waals surface area contributed by atoms with E-state index < -0.39 is 94.3 Å². The normalized spacial score (nSPS) is 37.3. The van der Waals surface area contributed by atoms with Crippen LogP contribution in [0.25, 0.3) is 0 Å². The van der Waals surface area contributed by atoms with Gasteiger partial charge in [-0.2, -0.15) is 0 Å². The van der Waals surface area contributed by atoms with E-state index in [9.17, 15) is 24.6 Å². The van der Waals surface area contributed by atoms with Crippen molar-refractivity contribution in [2.24, 2.45) is 16.7 Å². The third-order valence-corrected chi connectivity index (χ3v) is 12.7. The van der Waals surface area contributed by atoms with Crippen molar-refractivity contribution in [1.82, 2.24) is 4.90 Å². The highest BCUT2D eigenvalue weighted by molar-refractivity contribution is 5.99. The number of hydrogen-bond acceptors (Lipinski definition) is 13. The van der Waals surface area contributed by atoms with Gasteiger partial charge in [-0.25, -0.2) is 9.59 Å². The van der Waals surface area contributed by atoms with Crippen LogP contribution in [0.1, 0.15) is 64.7 Å². The van der Waals surface area contributed by atoms with Crippen LogP contribution in [-0.4, -0.2) is 131 Å². The zero-order chi connectivity index (χ0) is 37.1. The maximum absolute atomic E-state index is 15.0. The number of nitrogens with zero attached hydrogens (tertiary/aromatic N) is 1. The van der Waals surface area contributed by atoms with Crippen molar-refractivity contribution in [2.45, 2.75) is 108 Å². The Kier molecular flexibility index (Phi) is 10.4. The van der Waals surface area contributed by atoms with Crippen LogP contribution in [0.15, 0.2) is 41.5 Å². The van der Waals surface area contributed by atoms with E-state index in [1.807, 2.05) is 0 Å². The van der Waals surface area contributed by atoms with Gasteiger partial charge in [0.2, 0.25) is 0 Å². The number of ketones is 1. The highest BCUT2D eigenvalue weighted by Gasteiger charge is 2.78. The van der Waals surface area contributed by atoms with Crippen molar-refractivity contribution < 1.29 is 57.5 Å². The number of Topliss-reactive ketones (excluding diaryl/α,β-unsaturated/α-hetero) is 1. The highest BCUT2D eigenvalue weighted by atomic mass is 28.2. The van der Waals surface area contributed by atoms with Crippen LogP contribution in [0.2, 0.25) is 0 Å². The van der Waals surface area contributed by atoms with Gasteiger partial charge >= 0.3 is 17.9 Å².